The summed E-state index contributed by atoms with van der Waals surface area (Å²) in [6.07, 6.45) is 5.37. The molecule has 2 N–H and O–H groups in total. The van der Waals surface area contributed by atoms with Crippen molar-refractivity contribution in [3.8, 4) is 5.75 Å². The second kappa shape index (κ2) is 9.07. The van der Waals surface area contributed by atoms with Gasteiger partial charge >= 0.3 is 0 Å². The summed E-state index contributed by atoms with van der Waals surface area (Å²) in [5.74, 6) is 1.37. The van der Waals surface area contributed by atoms with Gasteiger partial charge in [-0.05, 0) is 38.3 Å². The van der Waals surface area contributed by atoms with Crippen LogP contribution >= 0.6 is 24.0 Å². The Hall–Kier alpha value is -1.22. The van der Waals surface area contributed by atoms with E-state index in [1.807, 2.05) is 25.2 Å². The number of phenols is 1. The fraction of sp³-hybridized carbons (Fsp3) is 0.667. The van der Waals surface area contributed by atoms with Gasteiger partial charge in [0.05, 0.1) is 11.8 Å². The molecule has 4 rings (SSSR count). The fourth-order valence-electron chi connectivity index (χ4n) is 4.98. The number of benzene rings is 1. The highest BCUT2D eigenvalue weighted by Crippen LogP contribution is 2.57. The largest absolute Gasteiger partial charge is 0.506 e. The van der Waals surface area contributed by atoms with Gasteiger partial charge in [0.25, 0.3) is 0 Å². The molecule has 28 heavy (non-hydrogen) atoms. The number of halogens is 1. The molecule has 3 aliphatic rings. The zero-order valence-electron chi connectivity index (χ0n) is 16.9. The molecule has 6 nitrogen and oxygen atoms in total. The second-order valence-electron chi connectivity index (χ2n) is 7.97. The van der Waals surface area contributed by atoms with E-state index in [2.05, 4.69) is 27.0 Å². The van der Waals surface area contributed by atoms with Crippen molar-refractivity contribution in [3.05, 3.63) is 24.3 Å². The third-order valence-corrected chi connectivity index (χ3v) is 6.75. The van der Waals surface area contributed by atoms with E-state index >= 15 is 0 Å². The minimum atomic E-state index is 0. The maximum atomic E-state index is 10.1. The van der Waals surface area contributed by atoms with E-state index in [4.69, 9.17) is 4.74 Å². The number of nitrogens with zero attached hydrogens (tertiary/aromatic N) is 3. The second-order valence-corrected chi connectivity index (χ2v) is 7.97. The van der Waals surface area contributed by atoms with E-state index in [0.717, 1.165) is 50.9 Å². The van der Waals surface area contributed by atoms with Crippen LogP contribution in [0.4, 0.5) is 5.69 Å². The average Bonchev–Trinajstić information content (AvgIpc) is 2.63. The number of ether oxygens (including phenoxy) is 1. The van der Waals surface area contributed by atoms with E-state index in [-0.39, 0.29) is 24.0 Å². The van der Waals surface area contributed by atoms with E-state index in [0.29, 0.717) is 23.3 Å². The van der Waals surface area contributed by atoms with Gasteiger partial charge in [0.1, 0.15) is 5.75 Å². The average molecular weight is 500 g/mol. The van der Waals surface area contributed by atoms with Gasteiger partial charge < -0.3 is 25.0 Å². The summed E-state index contributed by atoms with van der Waals surface area (Å²) < 4.78 is 5.98. The van der Waals surface area contributed by atoms with Crippen molar-refractivity contribution in [1.29, 1.82) is 0 Å². The Morgan fingerprint density at radius 1 is 1.25 bits per heavy atom. The van der Waals surface area contributed by atoms with Gasteiger partial charge in [-0.25, -0.2) is 0 Å². The van der Waals surface area contributed by atoms with Gasteiger partial charge in [0, 0.05) is 51.3 Å². The summed E-state index contributed by atoms with van der Waals surface area (Å²) in [5, 5.41) is 13.8. The molecule has 0 bridgehead atoms. The Kier molecular flexibility index (Phi) is 6.96. The summed E-state index contributed by atoms with van der Waals surface area (Å²) in [4.78, 5) is 9.16. The molecule has 2 aliphatic carbocycles. The molecule has 1 aliphatic heterocycles. The molecule has 0 amide bonds. The summed E-state index contributed by atoms with van der Waals surface area (Å²) in [7, 11) is 1.88. The van der Waals surface area contributed by atoms with Crippen LogP contribution in [-0.2, 0) is 4.74 Å². The molecule has 2 unspecified atom stereocenters. The Labute approximate surface area is 185 Å². The predicted molar refractivity (Wildman–Crippen MR) is 124 cm³/mol. The van der Waals surface area contributed by atoms with Crippen LogP contribution in [0.3, 0.4) is 0 Å². The van der Waals surface area contributed by atoms with Crippen LogP contribution in [0.15, 0.2) is 29.3 Å². The van der Waals surface area contributed by atoms with E-state index in [9.17, 15) is 5.11 Å². The molecule has 156 valence electrons. The van der Waals surface area contributed by atoms with Crippen molar-refractivity contribution in [3.63, 3.8) is 0 Å². The number of hydrogen-bond acceptors (Lipinski definition) is 4. The maximum Gasteiger partial charge on any atom is 0.194 e. The van der Waals surface area contributed by atoms with Crippen molar-refractivity contribution < 1.29 is 9.84 Å². The number of para-hydroxylation sites is 2. The summed E-state index contributed by atoms with van der Waals surface area (Å²) in [5.41, 5.74) is 1.26. The van der Waals surface area contributed by atoms with Crippen LogP contribution in [0.25, 0.3) is 0 Å². The van der Waals surface area contributed by atoms with Crippen LogP contribution in [0.5, 0.6) is 5.75 Å². The zero-order valence-corrected chi connectivity index (χ0v) is 19.3. The molecule has 0 aromatic heterocycles. The fourth-order valence-corrected chi connectivity index (χ4v) is 4.98. The van der Waals surface area contributed by atoms with Gasteiger partial charge in [-0.2, -0.15) is 0 Å². The summed E-state index contributed by atoms with van der Waals surface area (Å²) >= 11 is 0. The lowest BCUT2D eigenvalue weighted by molar-refractivity contribution is -0.168. The van der Waals surface area contributed by atoms with Gasteiger partial charge in [-0.1, -0.05) is 18.6 Å². The van der Waals surface area contributed by atoms with Crippen LogP contribution in [-0.4, -0.2) is 67.9 Å². The monoisotopic (exact) mass is 500 g/mol. The molecule has 2 atom stereocenters. The van der Waals surface area contributed by atoms with Crippen LogP contribution < -0.4 is 10.2 Å². The van der Waals surface area contributed by atoms with Crippen molar-refractivity contribution in [2.45, 2.75) is 44.8 Å². The van der Waals surface area contributed by atoms with Gasteiger partial charge in [-0.3, -0.25) is 4.99 Å². The lowest BCUT2D eigenvalue weighted by Gasteiger charge is -2.61. The molecule has 1 heterocycles. The minimum Gasteiger partial charge on any atom is -0.506 e. The number of guanidine groups is 1. The third-order valence-electron chi connectivity index (χ3n) is 6.75. The Morgan fingerprint density at radius 3 is 2.54 bits per heavy atom. The zero-order chi connectivity index (χ0) is 18.9. The Morgan fingerprint density at radius 2 is 1.96 bits per heavy atom. The predicted octanol–water partition coefficient (Wildman–Crippen LogP) is 3.06. The topological polar surface area (TPSA) is 60.3 Å². The molecular weight excluding hydrogens is 467 g/mol. The number of aliphatic imine (C=N–C) groups is 1. The molecule has 1 spiro atoms. The highest BCUT2D eigenvalue weighted by molar-refractivity contribution is 14.0. The third kappa shape index (κ3) is 3.79. The number of anilines is 1. The van der Waals surface area contributed by atoms with Crippen molar-refractivity contribution in [2.75, 3.05) is 44.7 Å². The Bertz CT molecular complexity index is 687. The van der Waals surface area contributed by atoms with Crippen molar-refractivity contribution in [1.82, 2.24) is 10.2 Å². The Balaban J connectivity index is 0.00000225. The number of nitrogens with one attached hydrogen (secondary N) is 1. The lowest BCUT2D eigenvalue weighted by atomic mass is 9.51. The lowest BCUT2D eigenvalue weighted by Crippen LogP contribution is -2.69. The first-order chi connectivity index (χ1) is 13.2. The molecule has 3 fully saturated rings. The first-order valence-electron chi connectivity index (χ1n) is 10.3. The van der Waals surface area contributed by atoms with E-state index in [1.54, 1.807) is 6.07 Å². The number of phenolic OH excluding ortho intramolecular Hbond substituents is 1. The SMILES string of the molecule is CCOC1CC(NC(=NC)N2CCN(c3ccccc3O)CC2)C12CCC2.I. The first-order valence-corrected chi connectivity index (χ1v) is 10.3. The molecule has 7 heteroatoms. The standard InChI is InChI=1S/C21H32N4O2.HI/c1-3-27-19-15-18(21(19)9-6-10-21)23-20(22-2)25-13-11-24(12-14-25)16-7-4-5-8-17(16)26;/h4-5,7-8,18-19,26H,3,6,9-15H2,1-2H3,(H,22,23);1H. The molecule has 2 saturated carbocycles. The normalized spacial score (nSPS) is 26.3. The first kappa shape index (κ1) is 21.5. The highest BCUT2D eigenvalue weighted by Gasteiger charge is 2.59. The summed E-state index contributed by atoms with van der Waals surface area (Å²) in [6, 6.07) is 8.07. The van der Waals surface area contributed by atoms with Crippen LogP contribution in [0.2, 0.25) is 0 Å². The minimum absolute atomic E-state index is 0. The maximum absolute atomic E-state index is 10.1. The number of aromatic hydroxyl groups is 1. The highest BCUT2D eigenvalue weighted by atomic mass is 127. The smallest absolute Gasteiger partial charge is 0.194 e. The number of piperazine rings is 1. The van der Waals surface area contributed by atoms with Crippen LogP contribution in [0, 0.1) is 5.41 Å². The van der Waals surface area contributed by atoms with Crippen LogP contribution in [0.1, 0.15) is 32.6 Å². The van der Waals surface area contributed by atoms with E-state index < -0.39 is 0 Å². The molecular formula is C21H33IN4O2. The molecule has 1 saturated heterocycles. The molecule has 0 radical (unpaired) electrons. The molecule has 1 aromatic rings. The quantitative estimate of drug-likeness (QED) is 0.378. The van der Waals surface area contributed by atoms with Gasteiger partial charge in [-0.15, -0.1) is 24.0 Å². The molecule has 1 aromatic carbocycles. The van der Waals surface area contributed by atoms with Gasteiger partial charge in [0.2, 0.25) is 0 Å². The van der Waals surface area contributed by atoms with Gasteiger partial charge in [0.15, 0.2) is 5.96 Å². The number of rotatable bonds is 4. The summed E-state index contributed by atoms with van der Waals surface area (Å²) in [6.45, 7) is 6.48. The van der Waals surface area contributed by atoms with E-state index in [1.165, 1.54) is 19.3 Å². The van der Waals surface area contributed by atoms with Crippen molar-refractivity contribution in [2.24, 2.45) is 10.4 Å². The van der Waals surface area contributed by atoms with Crippen molar-refractivity contribution >= 4 is 35.6 Å². The number of hydrogen-bond donors (Lipinski definition) is 2.